The first-order chi connectivity index (χ1) is 14.8. The second kappa shape index (κ2) is 7.19. The number of nitrogens with zero attached hydrogens (tertiary/aromatic N) is 4. The number of anilines is 3. The van der Waals surface area contributed by atoms with Crippen LogP contribution in [0.3, 0.4) is 0 Å². The summed E-state index contributed by atoms with van der Waals surface area (Å²) in [7, 11) is 0. The predicted molar refractivity (Wildman–Crippen MR) is 117 cm³/mol. The zero-order valence-electron chi connectivity index (χ0n) is 17.4. The number of fused-ring (bicyclic) bond motifs is 2. The minimum absolute atomic E-state index is 0.0795. The molecular weight excluding hydrogens is 418 g/mol. The van der Waals surface area contributed by atoms with Crippen LogP contribution in [0.2, 0.25) is 5.02 Å². The number of rotatable bonds is 3. The number of nitrogen functional groups attached to an aromatic ring is 1. The van der Waals surface area contributed by atoms with E-state index in [-0.39, 0.29) is 11.4 Å². The third-order valence-electron chi connectivity index (χ3n) is 6.44. The first-order valence-corrected chi connectivity index (χ1v) is 10.6. The Bertz CT molecular complexity index is 1140. The van der Waals surface area contributed by atoms with Gasteiger partial charge < -0.3 is 25.0 Å². The van der Waals surface area contributed by atoms with Crippen LogP contribution in [0.4, 0.5) is 17.5 Å². The summed E-state index contributed by atoms with van der Waals surface area (Å²) < 4.78 is 11.0. The second-order valence-electron chi connectivity index (χ2n) is 8.52. The zero-order valence-corrected chi connectivity index (χ0v) is 18.2. The molecule has 0 amide bonds. The van der Waals surface area contributed by atoms with Crippen molar-refractivity contribution in [2.75, 3.05) is 30.4 Å². The average Bonchev–Trinajstić information content (AvgIpc) is 3.33. The van der Waals surface area contributed by atoms with Crippen LogP contribution in [0.15, 0.2) is 35.0 Å². The molecule has 3 N–H and O–H groups in total. The Labute approximate surface area is 185 Å². The maximum absolute atomic E-state index is 11.3. The van der Waals surface area contributed by atoms with Crippen LogP contribution in [-0.4, -0.2) is 40.0 Å². The van der Waals surface area contributed by atoms with E-state index in [0.717, 1.165) is 18.5 Å². The van der Waals surface area contributed by atoms with Crippen molar-refractivity contribution in [3.63, 3.8) is 0 Å². The first-order valence-electron chi connectivity index (χ1n) is 10.2. The molecule has 1 saturated heterocycles. The van der Waals surface area contributed by atoms with Crippen molar-refractivity contribution in [3.8, 4) is 0 Å². The highest BCUT2D eigenvalue weighted by molar-refractivity contribution is 6.33. The van der Waals surface area contributed by atoms with Crippen molar-refractivity contribution < 1.29 is 14.4 Å². The SMILES string of the molecule is Cc1cc([C@@](C)(O)c2ccc3c(c2)N(c2nc(N)ncc2Cl)CC32CCOCC2)on1. The summed E-state index contributed by atoms with van der Waals surface area (Å²) in [6.07, 6.45) is 3.31. The summed E-state index contributed by atoms with van der Waals surface area (Å²) in [5, 5.41) is 15.7. The van der Waals surface area contributed by atoms with E-state index in [1.807, 2.05) is 19.1 Å². The molecule has 4 heterocycles. The van der Waals surface area contributed by atoms with Gasteiger partial charge in [0.25, 0.3) is 0 Å². The molecule has 2 aromatic heterocycles. The fourth-order valence-corrected chi connectivity index (χ4v) is 4.85. The predicted octanol–water partition coefficient (Wildman–Crippen LogP) is 3.46. The van der Waals surface area contributed by atoms with Crippen molar-refractivity contribution in [2.45, 2.75) is 37.7 Å². The van der Waals surface area contributed by atoms with Crippen LogP contribution >= 0.6 is 11.6 Å². The largest absolute Gasteiger partial charge is 0.381 e. The maximum atomic E-state index is 11.3. The molecule has 2 aliphatic rings. The van der Waals surface area contributed by atoms with E-state index in [0.29, 0.717) is 47.6 Å². The lowest BCUT2D eigenvalue weighted by atomic mass is 9.75. The molecule has 1 fully saturated rings. The minimum Gasteiger partial charge on any atom is -0.381 e. The molecule has 0 saturated carbocycles. The van der Waals surface area contributed by atoms with Crippen LogP contribution in [-0.2, 0) is 15.8 Å². The number of nitrogens with two attached hydrogens (primary N) is 1. The number of halogens is 1. The molecular formula is C22H24ClN5O3. The van der Waals surface area contributed by atoms with Gasteiger partial charge in [-0.25, -0.2) is 4.98 Å². The van der Waals surface area contributed by atoms with Gasteiger partial charge >= 0.3 is 0 Å². The Morgan fingerprint density at radius 3 is 2.74 bits per heavy atom. The summed E-state index contributed by atoms with van der Waals surface area (Å²) in [6, 6.07) is 7.76. The normalized spacial score (nSPS) is 19.4. The van der Waals surface area contributed by atoms with Crippen molar-refractivity contribution >= 4 is 29.1 Å². The smallest absolute Gasteiger partial charge is 0.222 e. The number of aliphatic hydroxyl groups is 1. The Balaban J connectivity index is 1.66. The second-order valence-corrected chi connectivity index (χ2v) is 8.92. The number of aromatic nitrogens is 3. The molecule has 1 atom stereocenters. The molecule has 9 heteroatoms. The summed E-state index contributed by atoms with van der Waals surface area (Å²) in [5.74, 6) is 1.11. The average molecular weight is 442 g/mol. The molecule has 2 aliphatic heterocycles. The molecule has 8 nitrogen and oxygen atoms in total. The van der Waals surface area contributed by atoms with Gasteiger partial charge in [0.15, 0.2) is 11.6 Å². The van der Waals surface area contributed by atoms with Gasteiger partial charge in [-0.15, -0.1) is 0 Å². The monoisotopic (exact) mass is 441 g/mol. The Hall–Kier alpha value is -2.68. The van der Waals surface area contributed by atoms with Crippen LogP contribution < -0.4 is 10.6 Å². The van der Waals surface area contributed by atoms with E-state index in [9.17, 15) is 5.11 Å². The van der Waals surface area contributed by atoms with Gasteiger partial charge in [0.2, 0.25) is 5.95 Å². The number of benzene rings is 1. The van der Waals surface area contributed by atoms with Crippen molar-refractivity contribution in [1.82, 2.24) is 15.1 Å². The molecule has 1 aromatic carbocycles. The van der Waals surface area contributed by atoms with Crippen molar-refractivity contribution in [3.05, 3.63) is 58.1 Å². The Kier molecular flexibility index (Phi) is 4.69. The molecule has 3 aromatic rings. The molecule has 0 radical (unpaired) electrons. The number of hydrogen-bond donors (Lipinski definition) is 2. The van der Waals surface area contributed by atoms with Gasteiger partial charge in [-0.1, -0.05) is 28.9 Å². The van der Waals surface area contributed by atoms with Gasteiger partial charge in [-0.3, -0.25) is 0 Å². The summed E-state index contributed by atoms with van der Waals surface area (Å²) >= 11 is 6.48. The van der Waals surface area contributed by atoms with Gasteiger partial charge in [0.1, 0.15) is 10.6 Å². The maximum Gasteiger partial charge on any atom is 0.222 e. The zero-order chi connectivity index (χ0) is 21.8. The van der Waals surface area contributed by atoms with Gasteiger partial charge in [-0.05, 0) is 43.9 Å². The molecule has 162 valence electrons. The van der Waals surface area contributed by atoms with E-state index in [1.54, 1.807) is 13.0 Å². The summed E-state index contributed by atoms with van der Waals surface area (Å²) in [5.41, 5.74) is 7.98. The number of aryl methyl sites for hydroxylation is 1. The van der Waals surface area contributed by atoms with Gasteiger partial charge in [0, 0.05) is 36.9 Å². The molecule has 0 aliphatic carbocycles. The first kappa shape index (κ1) is 20.2. The van der Waals surface area contributed by atoms with Crippen LogP contribution in [0.1, 0.15) is 42.3 Å². The van der Waals surface area contributed by atoms with Gasteiger partial charge in [-0.2, -0.15) is 4.98 Å². The number of ether oxygens (including phenoxy) is 1. The third-order valence-corrected chi connectivity index (χ3v) is 6.71. The molecule has 31 heavy (non-hydrogen) atoms. The topological polar surface area (TPSA) is 111 Å². The molecule has 0 bridgehead atoms. The fourth-order valence-electron chi connectivity index (χ4n) is 4.65. The Morgan fingerprint density at radius 1 is 1.26 bits per heavy atom. The standard InChI is InChI=1S/C22H24ClN5O3/c1-13-9-18(31-27-13)21(2,29)14-3-4-15-17(10-14)28(12-22(15)5-7-30-8-6-22)19-16(23)11-25-20(24)26-19/h3-4,9-11,29H,5-8,12H2,1-2H3,(H2,24,25,26)/t21-/m0/s1. The summed E-state index contributed by atoms with van der Waals surface area (Å²) in [4.78, 5) is 10.5. The molecule has 5 rings (SSSR count). The van der Waals surface area contributed by atoms with E-state index in [4.69, 9.17) is 26.6 Å². The van der Waals surface area contributed by atoms with Crippen LogP contribution in [0.25, 0.3) is 0 Å². The summed E-state index contributed by atoms with van der Waals surface area (Å²) in [6.45, 7) is 5.63. The lowest BCUT2D eigenvalue weighted by Gasteiger charge is -2.34. The van der Waals surface area contributed by atoms with Gasteiger partial charge in [0.05, 0.1) is 11.9 Å². The highest BCUT2D eigenvalue weighted by Crippen LogP contribution is 2.51. The molecule has 0 unspecified atom stereocenters. The van der Waals surface area contributed by atoms with Crippen molar-refractivity contribution in [1.29, 1.82) is 0 Å². The quantitative estimate of drug-likeness (QED) is 0.635. The van der Waals surface area contributed by atoms with E-state index in [2.05, 4.69) is 26.1 Å². The van der Waals surface area contributed by atoms with Crippen LogP contribution in [0.5, 0.6) is 0 Å². The van der Waals surface area contributed by atoms with E-state index >= 15 is 0 Å². The highest BCUT2D eigenvalue weighted by Gasteiger charge is 2.46. The lowest BCUT2D eigenvalue weighted by Crippen LogP contribution is -2.37. The fraction of sp³-hybridized carbons (Fsp3) is 0.409. The molecule has 1 spiro atoms. The number of hydrogen-bond acceptors (Lipinski definition) is 8. The minimum atomic E-state index is -1.35. The van der Waals surface area contributed by atoms with Crippen LogP contribution in [0, 0.1) is 6.92 Å². The van der Waals surface area contributed by atoms with Crippen molar-refractivity contribution in [2.24, 2.45) is 0 Å². The van der Waals surface area contributed by atoms with E-state index in [1.165, 1.54) is 11.8 Å². The lowest BCUT2D eigenvalue weighted by molar-refractivity contribution is 0.0556. The van der Waals surface area contributed by atoms with E-state index < -0.39 is 5.60 Å². The highest BCUT2D eigenvalue weighted by atomic mass is 35.5. The Morgan fingerprint density at radius 2 is 2.03 bits per heavy atom. The third kappa shape index (κ3) is 3.26.